The van der Waals surface area contributed by atoms with Crippen molar-refractivity contribution in [1.29, 1.82) is 0 Å². The number of nitrogens with zero attached hydrogens (tertiary/aromatic N) is 3. The largest absolute Gasteiger partial charge is 0.330 e. The van der Waals surface area contributed by atoms with Gasteiger partial charge in [0.1, 0.15) is 0 Å². The van der Waals surface area contributed by atoms with Crippen LogP contribution in [0.25, 0.3) is 0 Å². The fraction of sp³-hybridized carbons (Fsp3) is 0.750. The zero-order valence-electron chi connectivity index (χ0n) is 10.5. The fourth-order valence-corrected chi connectivity index (χ4v) is 2.04. The summed E-state index contributed by atoms with van der Waals surface area (Å²) in [5.41, 5.74) is 1.31. The number of hydrogen-bond donors (Lipinski definition) is 1. The summed E-state index contributed by atoms with van der Waals surface area (Å²) in [6.45, 7) is 4.21. The van der Waals surface area contributed by atoms with E-state index in [1.807, 2.05) is 12.5 Å². The molecule has 1 fully saturated rings. The van der Waals surface area contributed by atoms with Crippen LogP contribution in [0.4, 0.5) is 0 Å². The summed E-state index contributed by atoms with van der Waals surface area (Å²) in [5.74, 6) is 0. The third kappa shape index (κ3) is 3.06. The van der Waals surface area contributed by atoms with E-state index in [0.29, 0.717) is 6.04 Å². The van der Waals surface area contributed by atoms with E-state index in [1.54, 1.807) is 0 Å². The molecule has 0 spiro atoms. The van der Waals surface area contributed by atoms with Crippen LogP contribution in [0.3, 0.4) is 0 Å². The second-order valence-corrected chi connectivity index (χ2v) is 5.07. The first-order valence-corrected chi connectivity index (χ1v) is 6.05. The highest BCUT2D eigenvalue weighted by Crippen LogP contribution is 2.35. The van der Waals surface area contributed by atoms with Gasteiger partial charge in [-0.25, -0.2) is 4.98 Å². The highest BCUT2D eigenvalue weighted by atomic mass is 15.1. The normalized spacial score (nSPS) is 18.0. The van der Waals surface area contributed by atoms with Crippen molar-refractivity contribution in [2.45, 2.75) is 38.4 Å². The van der Waals surface area contributed by atoms with E-state index in [9.17, 15) is 0 Å². The predicted molar refractivity (Wildman–Crippen MR) is 65.4 cm³/mol. The third-order valence-corrected chi connectivity index (χ3v) is 2.96. The van der Waals surface area contributed by atoms with Crippen molar-refractivity contribution in [2.75, 3.05) is 20.6 Å². The molecule has 0 saturated heterocycles. The molecule has 4 nitrogen and oxygen atoms in total. The number of rotatable bonds is 6. The molecule has 0 amide bonds. The van der Waals surface area contributed by atoms with Gasteiger partial charge < -0.3 is 14.8 Å². The van der Waals surface area contributed by atoms with E-state index in [0.717, 1.165) is 19.1 Å². The van der Waals surface area contributed by atoms with Crippen LogP contribution in [0.2, 0.25) is 0 Å². The minimum Gasteiger partial charge on any atom is -0.330 e. The van der Waals surface area contributed by atoms with Crippen molar-refractivity contribution in [1.82, 2.24) is 19.8 Å². The Bertz CT molecular complexity index is 328. The molecule has 1 unspecified atom stereocenters. The van der Waals surface area contributed by atoms with Crippen LogP contribution in [0.5, 0.6) is 0 Å². The molecule has 1 N–H and O–H groups in total. The van der Waals surface area contributed by atoms with Crippen molar-refractivity contribution in [3.8, 4) is 0 Å². The average molecular weight is 222 g/mol. The maximum atomic E-state index is 4.23. The molecule has 1 aliphatic rings. The Balaban J connectivity index is 1.82. The topological polar surface area (TPSA) is 33.1 Å². The number of imidazole rings is 1. The fourth-order valence-electron chi connectivity index (χ4n) is 2.04. The SMILES string of the molecule is CC(CN(C)C)NCc1cncn1C1CC1. The maximum Gasteiger partial charge on any atom is 0.0951 e. The summed E-state index contributed by atoms with van der Waals surface area (Å²) in [6, 6.07) is 1.24. The lowest BCUT2D eigenvalue weighted by Gasteiger charge is -2.18. The van der Waals surface area contributed by atoms with Gasteiger partial charge in [-0.2, -0.15) is 0 Å². The molecule has 0 radical (unpaired) electrons. The quantitative estimate of drug-likeness (QED) is 0.786. The molecule has 16 heavy (non-hydrogen) atoms. The molecule has 1 heterocycles. The molecule has 0 bridgehead atoms. The molecule has 0 aliphatic heterocycles. The Morgan fingerprint density at radius 2 is 2.31 bits per heavy atom. The number of nitrogens with one attached hydrogen (secondary N) is 1. The summed E-state index contributed by atoms with van der Waals surface area (Å²) in [5, 5.41) is 3.54. The first kappa shape index (κ1) is 11.6. The molecule has 4 heteroatoms. The summed E-state index contributed by atoms with van der Waals surface area (Å²) < 4.78 is 2.31. The standard InChI is InChI=1S/C12H22N4/c1-10(8-15(2)3)14-7-12-6-13-9-16(12)11-4-5-11/h6,9-11,14H,4-5,7-8H2,1-3H3. The molecule has 1 aliphatic carbocycles. The van der Waals surface area contributed by atoms with Crippen molar-refractivity contribution in [2.24, 2.45) is 0 Å². The lowest BCUT2D eigenvalue weighted by molar-refractivity contribution is 0.347. The number of likely N-dealkylation sites (N-methyl/N-ethyl adjacent to an activating group) is 1. The Kier molecular flexibility index (Phi) is 3.61. The van der Waals surface area contributed by atoms with E-state index >= 15 is 0 Å². The smallest absolute Gasteiger partial charge is 0.0951 e. The van der Waals surface area contributed by atoms with Gasteiger partial charge in [-0.3, -0.25) is 0 Å². The first-order valence-electron chi connectivity index (χ1n) is 6.05. The van der Waals surface area contributed by atoms with Crippen LogP contribution in [0.1, 0.15) is 31.5 Å². The van der Waals surface area contributed by atoms with Gasteiger partial charge >= 0.3 is 0 Å². The van der Waals surface area contributed by atoms with E-state index in [4.69, 9.17) is 0 Å². The lowest BCUT2D eigenvalue weighted by Crippen LogP contribution is -2.35. The minimum atomic E-state index is 0.512. The monoisotopic (exact) mass is 222 g/mol. The van der Waals surface area contributed by atoms with Crippen molar-refractivity contribution in [3.05, 3.63) is 18.2 Å². The number of hydrogen-bond acceptors (Lipinski definition) is 3. The highest BCUT2D eigenvalue weighted by Gasteiger charge is 2.25. The summed E-state index contributed by atoms with van der Waals surface area (Å²) in [7, 11) is 4.21. The van der Waals surface area contributed by atoms with Gasteiger partial charge in [0.25, 0.3) is 0 Å². The van der Waals surface area contributed by atoms with E-state index in [1.165, 1.54) is 18.5 Å². The van der Waals surface area contributed by atoms with Crippen LogP contribution >= 0.6 is 0 Å². The van der Waals surface area contributed by atoms with Gasteiger partial charge in [-0.05, 0) is 33.9 Å². The summed E-state index contributed by atoms with van der Waals surface area (Å²) in [4.78, 5) is 6.44. The lowest BCUT2D eigenvalue weighted by atomic mass is 10.3. The van der Waals surface area contributed by atoms with Gasteiger partial charge in [-0.1, -0.05) is 0 Å². The molecule has 1 saturated carbocycles. The molecular weight excluding hydrogens is 200 g/mol. The van der Waals surface area contributed by atoms with Gasteiger partial charge in [0.2, 0.25) is 0 Å². The van der Waals surface area contributed by atoms with Gasteiger partial charge in [0.05, 0.1) is 12.0 Å². The summed E-state index contributed by atoms with van der Waals surface area (Å²) >= 11 is 0. The second-order valence-electron chi connectivity index (χ2n) is 5.07. The van der Waals surface area contributed by atoms with E-state index in [2.05, 4.69) is 40.8 Å². The Hall–Kier alpha value is -0.870. The van der Waals surface area contributed by atoms with Gasteiger partial charge in [0, 0.05) is 31.4 Å². The third-order valence-electron chi connectivity index (χ3n) is 2.96. The second kappa shape index (κ2) is 4.97. The Labute approximate surface area is 97.7 Å². The first-order chi connectivity index (χ1) is 7.66. The van der Waals surface area contributed by atoms with Crippen LogP contribution in [-0.4, -0.2) is 41.1 Å². The van der Waals surface area contributed by atoms with E-state index < -0.39 is 0 Å². The molecule has 0 aromatic carbocycles. The maximum absolute atomic E-state index is 4.23. The molecule has 90 valence electrons. The van der Waals surface area contributed by atoms with Crippen LogP contribution in [-0.2, 0) is 6.54 Å². The van der Waals surface area contributed by atoms with Crippen LogP contribution in [0.15, 0.2) is 12.5 Å². The predicted octanol–water partition coefficient (Wildman–Crippen LogP) is 1.26. The van der Waals surface area contributed by atoms with Gasteiger partial charge in [0.15, 0.2) is 0 Å². The van der Waals surface area contributed by atoms with Crippen molar-refractivity contribution >= 4 is 0 Å². The Morgan fingerprint density at radius 3 is 2.94 bits per heavy atom. The Morgan fingerprint density at radius 1 is 1.56 bits per heavy atom. The van der Waals surface area contributed by atoms with Gasteiger partial charge in [-0.15, -0.1) is 0 Å². The van der Waals surface area contributed by atoms with E-state index in [-0.39, 0.29) is 0 Å². The average Bonchev–Trinajstić information content (AvgIpc) is 2.94. The molecule has 1 aromatic rings. The van der Waals surface area contributed by atoms with Crippen molar-refractivity contribution in [3.63, 3.8) is 0 Å². The molecular formula is C12H22N4. The van der Waals surface area contributed by atoms with Crippen molar-refractivity contribution < 1.29 is 0 Å². The minimum absolute atomic E-state index is 0.512. The highest BCUT2D eigenvalue weighted by molar-refractivity contribution is 5.03. The molecule has 1 atom stereocenters. The zero-order valence-corrected chi connectivity index (χ0v) is 10.5. The molecule has 2 rings (SSSR count). The number of aromatic nitrogens is 2. The van der Waals surface area contributed by atoms with Crippen LogP contribution < -0.4 is 5.32 Å². The molecule has 1 aromatic heterocycles. The zero-order chi connectivity index (χ0) is 11.5. The van der Waals surface area contributed by atoms with Crippen LogP contribution in [0, 0.1) is 0 Å². The summed E-state index contributed by atoms with van der Waals surface area (Å²) in [6.07, 6.45) is 6.58.